The smallest absolute Gasteiger partial charge is 0.268 e. The maximum Gasteiger partial charge on any atom is 0.268 e. The van der Waals surface area contributed by atoms with Crippen molar-refractivity contribution in [1.29, 1.82) is 0 Å². The van der Waals surface area contributed by atoms with Crippen LogP contribution in [0.25, 0.3) is 10.9 Å². The van der Waals surface area contributed by atoms with E-state index in [1.807, 2.05) is 12.1 Å². The van der Waals surface area contributed by atoms with Gasteiger partial charge < -0.3 is 20.1 Å². The van der Waals surface area contributed by atoms with Gasteiger partial charge in [0.15, 0.2) is 0 Å². The van der Waals surface area contributed by atoms with Crippen molar-refractivity contribution in [2.24, 2.45) is 0 Å². The van der Waals surface area contributed by atoms with E-state index in [9.17, 15) is 14.4 Å². The van der Waals surface area contributed by atoms with Crippen molar-refractivity contribution in [3.63, 3.8) is 0 Å². The van der Waals surface area contributed by atoms with Crippen LogP contribution in [0, 0.1) is 0 Å². The summed E-state index contributed by atoms with van der Waals surface area (Å²) in [6.07, 6.45) is 0.296. The van der Waals surface area contributed by atoms with Crippen LogP contribution in [0.15, 0.2) is 48.5 Å². The molecule has 3 amide bonds. The van der Waals surface area contributed by atoms with Crippen LogP contribution in [0.3, 0.4) is 0 Å². The first-order valence-corrected chi connectivity index (χ1v) is 11.4. The van der Waals surface area contributed by atoms with Gasteiger partial charge in [-0.3, -0.25) is 14.4 Å². The first-order valence-electron chi connectivity index (χ1n) is 10.7. The molecule has 0 bridgehead atoms. The molecule has 2 N–H and O–H groups in total. The van der Waals surface area contributed by atoms with Crippen molar-refractivity contribution >= 4 is 51.8 Å². The van der Waals surface area contributed by atoms with Gasteiger partial charge in [-0.1, -0.05) is 35.3 Å². The average Bonchev–Trinajstić information content (AvgIpc) is 3.21. The fraction of sp³-hybridized carbons (Fsp3) is 0.292. The van der Waals surface area contributed by atoms with Crippen LogP contribution in [-0.2, 0) is 16.0 Å². The lowest BCUT2D eigenvalue weighted by atomic mass is 10.0. The summed E-state index contributed by atoms with van der Waals surface area (Å²) in [4.78, 5) is 44.6. The second-order valence-corrected chi connectivity index (χ2v) is 8.98. The maximum atomic E-state index is 13.4. The number of hydrogen-bond donors (Lipinski definition) is 2. The number of hydrogen-bond acceptors (Lipinski definition) is 3. The number of benzene rings is 2. The monoisotopic (exact) mass is 486 g/mol. The number of carbonyl (C=O) groups is 3. The predicted molar refractivity (Wildman–Crippen MR) is 129 cm³/mol. The second-order valence-electron chi connectivity index (χ2n) is 8.11. The topological polar surface area (TPSA) is 85.5 Å². The van der Waals surface area contributed by atoms with Crippen molar-refractivity contribution in [1.82, 2.24) is 20.1 Å². The van der Waals surface area contributed by atoms with E-state index in [-0.39, 0.29) is 17.7 Å². The van der Waals surface area contributed by atoms with Crippen LogP contribution >= 0.6 is 23.2 Å². The summed E-state index contributed by atoms with van der Waals surface area (Å²) < 4.78 is 0. The minimum Gasteiger partial charge on any atom is -0.351 e. The van der Waals surface area contributed by atoms with Crippen molar-refractivity contribution in [3.05, 3.63) is 69.8 Å². The molecule has 172 valence electrons. The summed E-state index contributed by atoms with van der Waals surface area (Å²) in [6, 6.07) is 13.5. The lowest BCUT2D eigenvalue weighted by Gasteiger charge is -2.36. The molecule has 1 saturated heterocycles. The minimum atomic E-state index is -0.783. The Kier molecular flexibility index (Phi) is 6.91. The first-order chi connectivity index (χ1) is 15.8. The standard InChI is InChI=1S/C24H24Cl2N4O3/c1-15(31)29-7-9-30(10-8-29)24(33)22(12-16-3-2-4-18(25)11-16)28-23(32)21-14-17-13-19(26)5-6-20(17)27-21/h2-6,11,13-14,22,27H,7-10,12H2,1H3,(H,28,32)/t22-/m0/s1. The first kappa shape index (κ1) is 23.1. The number of H-pyrrole nitrogens is 1. The third-order valence-electron chi connectivity index (χ3n) is 5.80. The van der Waals surface area contributed by atoms with Gasteiger partial charge in [0.2, 0.25) is 11.8 Å². The van der Waals surface area contributed by atoms with E-state index in [1.54, 1.807) is 46.2 Å². The Morgan fingerprint density at radius 3 is 2.36 bits per heavy atom. The molecule has 3 aromatic rings. The molecule has 2 aromatic carbocycles. The Bertz CT molecular complexity index is 1200. The van der Waals surface area contributed by atoms with E-state index in [0.717, 1.165) is 16.5 Å². The Labute approximate surface area is 201 Å². The van der Waals surface area contributed by atoms with E-state index in [2.05, 4.69) is 10.3 Å². The van der Waals surface area contributed by atoms with Gasteiger partial charge in [0.25, 0.3) is 5.91 Å². The van der Waals surface area contributed by atoms with Gasteiger partial charge in [-0.05, 0) is 42.0 Å². The SMILES string of the molecule is CC(=O)N1CCN(C(=O)[C@H](Cc2cccc(Cl)c2)NC(=O)c2cc3cc(Cl)ccc3[nH]2)CC1. The quantitative estimate of drug-likeness (QED) is 0.578. The summed E-state index contributed by atoms with van der Waals surface area (Å²) in [7, 11) is 0. The molecule has 9 heteroatoms. The van der Waals surface area contributed by atoms with Crippen LogP contribution in [0.5, 0.6) is 0 Å². The largest absolute Gasteiger partial charge is 0.351 e. The van der Waals surface area contributed by atoms with Gasteiger partial charge in [0.05, 0.1) is 0 Å². The molecule has 0 unspecified atom stereocenters. The summed E-state index contributed by atoms with van der Waals surface area (Å²) in [5.41, 5.74) is 1.96. The molecule has 1 aliphatic rings. The molecule has 4 rings (SSSR count). The van der Waals surface area contributed by atoms with E-state index in [1.165, 1.54) is 6.92 Å². The molecule has 1 fully saturated rings. The summed E-state index contributed by atoms with van der Waals surface area (Å²) >= 11 is 12.2. The summed E-state index contributed by atoms with van der Waals surface area (Å²) in [5, 5.41) is 4.84. The molecule has 1 aliphatic heterocycles. The van der Waals surface area contributed by atoms with E-state index in [4.69, 9.17) is 23.2 Å². The Balaban J connectivity index is 1.54. The molecule has 1 aromatic heterocycles. The molecule has 2 heterocycles. The Morgan fingerprint density at radius 2 is 1.67 bits per heavy atom. The number of nitrogens with zero attached hydrogens (tertiary/aromatic N) is 2. The molecular weight excluding hydrogens is 463 g/mol. The maximum absolute atomic E-state index is 13.4. The molecule has 0 spiro atoms. The van der Waals surface area contributed by atoms with E-state index < -0.39 is 6.04 Å². The predicted octanol–water partition coefficient (Wildman–Crippen LogP) is 3.51. The number of aromatic nitrogens is 1. The van der Waals surface area contributed by atoms with Gasteiger partial charge >= 0.3 is 0 Å². The zero-order valence-corrected chi connectivity index (χ0v) is 19.6. The fourth-order valence-electron chi connectivity index (χ4n) is 4.02. The van der Waals surface area contributed by atoms with Crippen molar-refractivity contribution in [3.8, 4) is 0 Å². The molecular formula is C24H24Cl2N4O3. The second kappa shape index (κ2) is 9.85. The van der Waals surface area contributed by atoms with Gasteiger partial charge in [0.1, 0.15) is 11.7 Å². The minimum absolute atomic E-state index is 0.00945. The van der Waals surface area contributed by atoms with Gasteiger partial charge in [-0.15, -0.1) is 0 Å². The highest BCUT2D eigenvalue weighted by atomic mass is 35.5. The number of amides is 3. The van der Waals surface area contributed by atoms with Crippen LogP contribution in [0.4, 0.5) is 0 Å². The number of rotatable bonds is 5. The van der Waals surface area contributed by atoms with Crippen molar-refractivity contribution < 1.29 is 14.4 Å². The lowest BCUT2D eigenvalue weighted by Crippen LogP contribution is -2.56. The highest BCUT2D eigenvalue weighted by Crippen LogP contribution is 2.20. The van der Waals surface area contributed by atoms with Crippen LogP contribution in [0.2, 0.25) is 10.0 Å². The molecule has 0 aliphatic carbocycles. The van der Waals surface area contributed by atoms with Crippen LogP contribution < -0.4 is 5.32 Å². The highest BCUT2D eigenvalue weighted by Gasteiger charge is 2.30. The molecule has 33 heavy (non-hydrogen) atoms. The number of carbonyl (C=O) groups excluding carboxylic acids is 3. The third kappa shape index (κ3) is 5.49. The third-order valence-corrected chi connectivity index (χ3v) is 6.27. The zero-order chi connectivity index (χ0) is 23.5. The molecule has 0 saturated carbocycles. The average molecular weight is 487 g/mol. The number of halogens is 2. The van der Waals surface area contributed by atoms with Gasteiger partial charge in [-0.2, -0.15) is 0 Å². The number of fused-ring (bicyclic) bond motifs is 1. The van der Waals surface area contributed by atoms with Gasteiger partial charge in [0, 0.05) is 60.5 Å². The Morgan fingerprint density at radius 1 is 0.970 bits per heavy atom. The fourth-order valence-corrected chi connectivity index (χ4v) is 4.42. The summed E-state index contributed by atoms with van der Waals surface area (Å²) in [6.45, 7) is 3.31. The molecule has 0 radical (unpaired) electrons. The normalized spacial score (nSPS) is 14.9. The van der Waals surface area contributed by atoms with E-state index in [0.29, 0.717) is 48.3 Å². The van der Waals surface area contributed by atoms with Crippen LogP contribution in [-0.4, -0.2) is 64.7 Å². The van der Waals surface area contributed by atoms with Gasteiger partial charge in [-0.25, -0.2) is 0 Å². The lowest BCUT2D eigenvalue weighted by molar-refractivity contribution is -0.139. The van der Waals surface area contributed by atoms with E-state index >= 15 is 0 Å². The highest BCUT2D eigenvalue weighted by molar-refractivity contribution is 6.31. The molecule has 7 nitrogen and oxygen atoms in total. The van der Waals surface area contributed by atoms with Crippen LogP contribution in [0.1, 0.15) is 23.0 Å². The molecule has 1 atom stereocenters. The number of nitrogens with one attached hydrogen (secondary N) is 2. The Hall–Kier alpha value is -3.03. The van der Waals surface area contributed by atoms with Crippen molar-refractivity contribution in [2.45, 2.75) is 19.4 Å². The number of aromatic amines is 1. The number of piperazine rings is 1. The van der Waals surface area contributed by atoms with Crippen molar-refractivity contribution in [2.75, 3.05) is 26.2 Å². The zero-order valence-electron chi connectivity index (χ0n) is 18.1. The summed E-state index contributed by atoms with van der Waals surface area (Å²) in [5.74, 6) is -0.583.